The van der Waals surface area contributed by atoms with Crippen molar-refractivity contribution in [2.75, 3.05) is 25.0 Å². The molecule has 0 radical (unpaired) electrons. The third-order valence-electron chi connectivity index (χ3n) is 2.97. The van der Waals surface area contributed by atoms with Gasteiger partial charge in [0.15, 0.2) is 11.6 Å². The number of aromatic nitrogens is 1. The van der Waals surface area contributed by atoms with Crippen molar-refractivity contribution < 1.29 is 4.39 Å². The van der Waals surface area contributed by atoms with Crippen molar-refractivity contribution in [1.82, 2.24) is 10.3 Å². The van der Waals surface area contributed by atoms with Crippen LogP contribution in [0, 0.1) is 5.82 Å². The Morgan fingerprint density at radius 2 is 2.11 bits per heavy atom. The fourth-order valence-electron chi connectivity index (χ4n) is 1.84. The molecule has 0 fully saturated rings. The average Bonchev–Trinajstić information content (AvgIpc) is 2.37. The first-order valence-electron chi connectivity index (χ1n) is 6.75. The highest BCUT2D eigenvalue weighted by atomic mass is 19.1. The van der Waals surface area contributed by atoms with Crippen LogP contribution < -0.4 is 10.2 Å². The maximum atomic E-state index is 14.2. The number of unbranched alkanes of at least 4 members (excludes halogenated alkanes) is 2. The lowest BCUT2D eigenvalue weighted by molar-refractivity contribution is 0.580. The predicted molar refractivity (Wildman–Crippen MR) is 74.4 cm³/mol. The minimum atomic E-state index is -0.197. The van der Waals surface area contributed by atoms with Gasteiger partial charge in [-0.05, 0) is 19.0 Å². The molecule has 0 aliphatic heterocycles. The summed E-state index contributed by atoms with van der Waals surface area (Å²) < 4.78 is 14.2. The van der Waals surface area contributed by atoms with E-state index < -0.39 is 0 Å². The van der Waals surface area contributed by atoms with Gasteiger partial charge in [0.05, 0.1) is 0 Å². The molecule has 102 valence electrons. The van der Waals surface area contributed by atoms with E-state index in [0.717, 1.165) is 19.5 Å². The van der Waals surface area contributed by atoms with Crippen LogP contribution >= 0.6 is 0 Å². The van der Waals surface area contributed by atoms with Crippen LogP contribution in [0.1, 0.15) is 38.7 Å². The van der Waals surface area contributed by atoms with Crippen LogP contribution in [-0.4, -0.2) is 25.1 Å². The van der Waals surface area contributed by atoms with E-state index in [-0.39, 0.29) is 5.82 Å². The van der Waals surface area contributed by atoms with Gasteiger partial charge >= 0.3 is 0 Å². The molecule has 18 heavy (non-hydrogen) atoms. The van der Waals surface area contributed by atoms with Crippen molar-refractivity contribution in [2.45, 2.75) is 39.7 Å². The summed E-state index contributed by atoms with van der Waals surface area (Å²) in [5, 5.41) is 3.14. The monoisotopic (exact) mass is 253 g/mol. The number of anilines is 1. The summed E-state index contributed by atoms with van der Waals surface area (Å²) in [5.74, 6) is 0.263. The largest absolute Gasteiger partial charge is 0.357 e. The average molecular weight is 253 g/mol. The van der Waals surface area contributed by atoms with E-state index in [2.05, 4.69) is 17.2 Å². The van der Waals surface area contributed by atoms with E-state index >= 15 is 0 Å². The quantitative estimate of drug-likeness (QED) is 0.722. The van der Waals surface area contributed by atoms with Crippen LogP contribution in [0.3, 0.4) is 0 Å². The highest BCUT2D eigenvalue weighted by Crippen LogP contribution is 2.18. The van der Waals surface area contributed by atoms with Gasteiger partial charge in [0.1, 0.15) is 0 Å². The van der Waals surface area contributed by atoms with Crippen LogP contribution in [0.5, 0.6) is 0 Å². The Morgan fingerprint density at radius 3 is 2.78 bits per heavy atom. The number of hydrogen-bond donors (Lipinski definition) is 1. The first kappa shape index (κ1) is 14.9. The fraction of sp³-hybridized carbons (Fsp3) is 0.643. The summed E-state index contributed by atoms with van der Waals surface area (Å²) in [4.78, 5) is 6.05. The third kappa shape index (κ3) is 4.26. The van der Waals surface area contributed by atoms with Gasteiger partial charge in [-0.15, -0.1) is 0 Å². The van der Waals surface area contributed by atoms with E-state index in [1.807, 2.05) is 18.9 Å². The molecule has 0 amide bonds. The summed E-state index contributed by atoms with van der Waals surface area (Å²) in [5.41, 5.74) is 0.684. The molecule has 1 heterocycles. The van der Waals surface area contributed by atoms with E-state index in [1.54, 1.807) is 12.3 Å². The van der Waals surface area contributed by atoms with Crippen molar-refractivity contribution in [3.8, 4) is 0 Å². The van der Waals surface area contributed by atoms with Crippen molar-refractivity contribution in [3.63, 3.8) is 0 Å². The molecule has 3 nitrogen and oxygen atoms in total. The van der Waals surface area contributed by atoms with Crippen molar-refractivity contribution in [1.29, 1.82) is 0 Å². The minimum Gasteiger partial charge on any atom is -0.357 e. The van der Waals surface area contributed by atoms with Crippen LogP contribution in [-0.2, 0) is 6.54 Å². The molecule has 1 aromatic heterocycles. The zero-order valence-electron chi connectivity index (χ0n) is 11.7. The molecule has 1 rings (SSSR count). The molecule has 0 spiro atoms. The van der Waals surface area contributed by atoms with E-state index in [1.165, 1.54) is 12.8 Å². The number of halogens is 1. The Balaban J connectivity index is 2.69. The Kier molecular flexibility index (Phi) is 6.65. The second kappa shape index (κ2) is 8.03. The molecule has 0 aromatic carbocycles. The zero-order valence-corrected chi connectivity index (χ0v) is 11.7. The summed E-state index contributed by atoms with van der Waals surface area (Å²) in [6.45, 7) is 6.42. The summed E-state index contributed by atoms with van der Waals surface area (Å²) in [7, 11) is 1.90. The van der Waals surface area contributed by atoms with Gasteiger partial charge in [0.25, 0.3) is 0 Å². The first-order valence-corrected chi connectivity index (χ1v) is 6.75. The third-order valence-corrected chi connectivity index (χ3v) is 2.97. The molecular weight excluding hydrogens is 229 g/mol. The van der Waals surface area contributed by atoms with Crippen LogP contribution in [0.4, 0.5) is 10.2 Å². The second-order valence-electron chi connectivity index (χ2n) is 4.52. The second-order valence-corrected chi connectivity index (χ2v) is 4.52. The SMILES string of the molecule is CCCCCN(C)c1nccc(CNCC)c1F. The van der Waals surface area contributed by atoms with Crippen LogP contribution in [0.2, 0.25) is 0 Å². The van der Waals surface area contributed by atoms with Gasteiger partial charge in [0.2, 0.25) is 0 Å². The number of rotatable bonds is 8. The van der Waals surface area contributed by atoms with Gasteiger partial charge in [-0.1, -0.05) is 26.7 Å². The number of nitrogens with zero attached hydrogens (tertiary/aromatic N) is 2. The normalized spacial score (nSPS) is 10.7. The van der Waals surface area contributed by atoms with Crippen molar-refractivity contribution in [2.24, 2.45) is 0 Å². The smallest absolute Gasteiger partial charge is 0.170 e. The topological polar surface area (TPSA) is 28.2 Å². The molecule has 1 N–H and O–H groups in total. The maximum absolute atomic E-state index is 14.2. The van der Waals surface area contributed by atoms with Crippen molar-refractivity contribution >= 4 is 5.82 Å². The lowest BCUT2D eigenvalue weighted by atomic mass is 10.2. The van der Waals surface area contributed by atoms with Gasteiger partial charge in [-0.2, -0.15) is 0 Å². The maximum Gasteiger partial charge on any atom is 0.170 e. The lowest BCUT2D eigenvalue weighted by Gasteiger charge is -2.19. The van der Waals surface area contributed by atoms with Crippen molar-refractivity contribution in [3.05, 3.63) is 23.6 Å². The molecule has 0 saturated heterocycles. The van der Waals surface area contributed by atoms with Crippen LogP contribution in [0.15, 0.2) is 12.3 Å². The molecule has 0 aliphatic carbocycles. The predicted octanol–water partition coefficient (Wildman–Crippen LogP) is 2.96. The number of pyridine rings is 1. The molecule has 0 bridgehead atoms. The van der Waals surface area contributed by atoms with Crippen LogP contribution in [0.25, 0.3) is 0 Å². The summed E-state index contributed by atoms with van der Waals surface area (Å²) >= 11 is 0. The minimum absolute atomic E-state index is 0.197. The molecule has 0 atom stereocenters. The fourth-order valence-corrected chi connectivity index (χ4v) is 1.84. The van der Waals surface area contributed by atoms with E-state index in [9.17, 15) is 4.39 Å². The van der Waals surface area contributed by atoms with Gasteiger partial charge < -0.3 is 10.2 Å². The molecule has 0 unspecified atom stereocenters. The Labute approximate surface area is 109 Å². The Morgan fingerprint density at radius 1 is 1.33 bits per heavy atom. The highest BCUT2D eigenvalue weighted by Gasteiger charge is 2.12. The Bertz CT molecular complexity index is 355. The van der Waals surface area contributed by atoms with Gasteiger partial charge in [-0.3, -0.25) is 0 Å². The zero-order chi connectivity index (χ0) is 13.4. The molecule has 4 heteroatoms. The lowest BCUT2D eigenvalue weighted by Crippen LogP contribution is -2.22. The van der Waals surface area contributed by atoms with Gasteiger partial charge in [0, 0.05) is 31.9 Å². The van der Waals surface area contributed by atoms with E-state index in [4.69, 9.17) is 0 Å². The number of hydrogen-bond acceptors (Lipinski definition) is 3. The molecular formula is C14H24FN3. The molecule has 0 saturated carbocycles. The van der Waals surface area contributed by atoms with E-state index in [0.29, 0.717) is 17.9 Å². The number of nitrogens with one attached hydrogen (secondary N) is 1. The summed E-state index contributed by atoms with van der Waals surface area (Å²) in [6, 6.07) is 1.74. The van der Waals surface area contributed by atoms with Gasteiger partial charge in [-0.25, -0.2) is 9.37 Å². The highest BCUT2D eigenvalue weighted by molar-refractivity contribution is 5.42. The summed E-state index contributed by atoms with van der Waals surface area (Å²) in [6.07, 6.45) is 5.10. The molecule has 0 aliphatic rings. The first-order chi connectivity index (χ1) is 8.70. The standard InChI is InChI=1S/C14H24FN3/c1-4-6-7-10-18(3)14-13(15)12(8-9-17-14)11-16-5-2/h8-9,16H,4-7,10-11H2,1-3H3. The molecule has 1 aromatic rings. The Hall–Kier alpha value is -1.16.